The van der Waals surface area contributed by atoms with Gasteiger partial charge in [-0.05, 0) is 37.0 Å². The Bertz CT molecular complexity index is 718. The third-order valence-electron chi connectivity index (χ3n) is 3.88. The second kappa shape index (κ2) is 6.37. The fraction of sp³-hybridized carbons (Fsp3) is 0.500. The van der Waals surface area contributed by atoms with E-state index in [1.165, 1.54) is 6.07 Å². The average molecular weight is 347 g/mol. The largest absolute Gasteiger partial charge is 0.417 e. The van der Waals surface area contributed by atoms with Crippen molar-refractivity contribution in [3.8, 4) is 6.07 Å². The van der Waals surface area contributed by atoms with E-state index in [0.29, 0.717) is 31.6 Å². The third-order valence-corrected chi connectivity index (χ3v) is 4.81. The second-order valence-electron chi connectivity index (χ2n) is 5.60. The molecular weight excluding hydrogens is 331 g/mol. The molecule has 1 aromatic carbocycles. The number of alkyl halides is 3. The molecule has 1 saturated heterocycles. The van der Waals surface area contributed by atoms with Crippen LogP contribution in [0.3, 0.4) is 0 Å². The predicted molar refractivity (Wildman–Crippen MR) is 79.1 cm³/mol. The van der Waals surface area contributed by atoms with Crippen LogP contribution in [0.15, 0.2) is 18.2 Å². The van der Waals surface area contributed by atoms with Gasteiger partial charge in [0.15, 0.2) is 0 Å². The van der Waals surface area contributed by atoms with Crippen LogP contribution >= 0.6 is 0 Å². The summed E-state index contributed by atoms with van der Waals surface area (Å²) in [6.45, 7) is 0.896. The number of piperidine rings is 1. The van der Waals surface area contributed by atoms with Crippen LogP contribution in [0.25, 0.3) is 0 Å². The summed E-state index contributed by atoms with van der Waals surface area (Å²) in [7, 11) is -3.54. The van der Waals surface area contributed by atoms with Gasteiger partial charge in [-0.15, -0.1) is 0 Å². The van der Waals surface area contributed by atoms with Gasteiger partial charge in [-0.1, -0.05) is 0 Å². The topological polar surface area (TPSA) is 87.2 Å². The zero-order valence-electron chi connectivity index (χ0n) is 12.2. The Labute approximate surface area is 132 Å². The molecule has 126 valence electrons. The molecular formula is C14H16F3N3O2S. The van der Waals surface area contributed by atoms with Gasteiger partial charge in [0, 0.05) is 18.8 Å². The highest BCUT2D eigenvalue weighted by Crippen LogP contribution is 2.35. The molecule has 0 unspecified atom stereocenters. The summed E-state index contributed by atoms with van der Waals surface area (Å²) in [4.78, 5) is 1.76. The molecule has 0 radical (unpaired) electrons. The number of nitrogens with zero attached hydrogens (tertiary/aromatic N) is 2. The molecule has 23 heavy (non-hydrogen) atoms. The molecule has 1 aliphatic rings. The van der Waals surface area contributed by atoms with Gasteiger partial charge in [0.2, 0.25) is 10.0 Å². The highest BCUT2D eigenvalue weighted by molar-refractivity contribution is 7.89. The maximum atomic E-state index is 13.0. The lowest BCUT2D eigenvalue weighted by Gasteiger charge is -2.33. The van der Waals surface area contributed by atoms with Crippen molar-refractivity contribution < 1.29 is 21.6 Å². The monoisotopic (exact) mass is 347 g/mol. The fourth-order valence-electron chi connectivity index (χ4n) is 2.75. The number of hydrogen-bond acceptors (Lipinski definition) is 4. The number of primary sulfonamides is 1. The zero-order chi connectivity index (χ0) is 17.3. The molecule has 5 nitrogen and oxygen atoms in total. The Morgan fingerprint density at radius 3 is 2.39 bits per heavy atom. The van der Waals surface area contributed by atoms with Gasteiger partial charge in [0.1, 0.15) is 0 Å². The van der Waals surface area contributed by atoms with Gasteiger partial charge in [-0.2, -0.15) is 18.4 Å². The number of sulfonamides is 1. The van der Waals surface area contributed by atoms with Gasteiger partial charge < -0.3 is 4.90 Å². The Hall–Kier alpha value is -1.79. The first-order valence-corrected chi connectivity index (χ1v) is 8.68. The van der Waals surface area contributed by atoms with Crippen LogP contribution in [0.4, 0.5) is 18.9 Å². The number of rotatable bonds is 3. The molecule has 0 spiro atoms. The molecule has 0 amide bonds. The van der Waals surface area contributed by atoms with Crippen molar-refractivity contribution in [1.29, 1.82) is 5.26 Å². The van der Waals surface area contributed by atoms with Crippen LogP contribution in [0.2, 0.25) is 0 Å². The van der Waals surface area contributed by atoms with Gasteiger partial charge in [-0.25, -0.2) is 13.6 Å². The molecule has 2 rings (SSSR count). The molecule has 1 aromatic rings. The van der Waals surface area contributed by atoms with Crippen LogP contribution < -0.4 is 10.0 Å². The van der Waals surface area contributed by atoms with Crippen molar-refractivity contribution in [2.45, 2.75) is 19.0 Å². The van der Waals surface area contributed by atoms with Crippen molar-refractivity contribution in [3.63, 3.8) is 0 Å². The van der Waals surface area contributed by atoms with E-state index in [4.69, 9.17) is 10.4 Å². The number of hydrogen-bond donors (Lipinski definition) is 1. The van der Waals surface area contributed by atoms with Crippen LogP contribution in [-0.2, 0) is 16.2 Å². The van der Waals surface area contributed by atoms with E-state index in [2.05, 4.69) is 0 Å². The lowest BCUT2D eigenvalue weighted by Crippen LogP contribution is -2.37. The van der Waals surface area contributed by atoms with E-state index in [0.717, 1.165) is 12.1 Å². The van der Waals surface area contributed by atoms with E-state index < -0.39 is 27.3 Å². The van der Waals surface area contributed by atoms with E-state index >= 15 is 0 Å². The van der Waals surface area contributed by atoms with Crippen molar-refractivity contribution in [3.05, 3.63) is 29.3 Å². The normalized spacial score (nSPS) is 17.1. The summed E-state index contributed by atoms with van der Waals surface area (Å²) < 4.78 is 61.1. The van der Waals surface area contributed by atoms with E-state index in [9.17, 15) is 21.6 Å². The van der Waals surface area contributed by atoms with E-state index in [1.54, 1.807) is 11.0 Å². The highest BCUT2D eigenvalue weighted by atomic mass is 32.2. The molecule has 1 fully saturated rings. The first kappa shape index (κ1) is 17.6. The van der Waals surface area contributed by atoms with Crippen molar-refractivity contribution >= 4 is 15.7 Å². The first-order valence-electron chi connectivity index (χ1n) is 6.97. The van der Waals surface area contributed by atoms with Gasteiger partial charge in [0.25, 0.3) is 0 Å². The summed E-state index contributed by atoms with van der Waals surface area (Å²) in [5.74, 6) is -0.191. The SMILES string of the molecule is N#Cc1ccc(N2CCC(CS(N)(=O)=O)CC2)cc1C(F)(F)F. The van der Waals surface area contributed by atoms with Gasteiger partial charge in [-0.3, -0.25) is 0 Å². The quantitative estimate of drug-likeness (QED) is 0.907. The standard InChI is InChI=1S/C14H16F3N3O2S/c15-14(16,17)13-7-12(2-1-11(13)8-18)20-5-3-10(4-6-20)9-23(19,21)22/h1-2,7,10H,3-6,9H2,(H2,19,21,22). The zero-order valence-corrected chi connectivity index (χ0v) is 13.0. The lowest BCUT2D eigenvalue weighted by molar-refractivity contribution is -0.137. The molecule has 9 heteroatoms. The molecule has 0 atom stereocenters. The lowest BCUT2D eigenvalue weighted by atomic mass is 9.98. The van der Waals surface area contributed by atoms with Gasteiger partial charge in [0.05, 0.1) is 22.9 Å². The smallest absolute Gasteiger partial charge is 0.372 e. The summed E-state index contributed by atoms with van der Waals surface area (Å²) in [6, 6.07) is 5.16. The first-order chi connectivity index (χ1) is 10.6. The predicted octanol–water partition coefficient (Wildman–Crippen LogP) is 2.08. The molecule has 0 bridgehead atoms. The second-order valence-corrected chi connectivity index (χ2v) is 7.26. The van der Waals surface area contributed by atoms with Crippen molar-refractivity contribution in [2.75, 3.05) is 23.7 Å². The maximum absolute atomic E-state index is 13.0. The molecule has 2 N–H and O–H groups in total. The number of nitriles is 1. The minimum absolute atomic E-state index is 0.0817. The summed E-state index contributed by atoms with van der Waals surface area (Å²) in [6.07, 6.45) is -3.51. The van der Waals surface area contributed by atoms with E-state index in [1.807, 2.05) is 0 Å². The highest BCUT2D eigenvalue weighted by Gasteiger charge is 2.34. The number of halogens is 3. The molecule has 1 heterocycles. The Kier molecular flexibility index (Phi) is 4.87. The minimum Gasteiger partial charge on any atom is -0.372 e. The molecule has 1 aliphatic heterocycles. The summed E-state index contributed by atoms with van der Waals surface area (Å²) >= 11 is 0. The number of nitrogens with two attached hydrogens (primary N) is 1. The molecule has 0 aromatic heterocycles. The van der Waals surface area contributed by atoms with Crippen LogP contribution in [0.1, 0.15) is 24.0 Å². The Balaban J connectivity index is 2.14. The van der Waals surface area contributed by atoms with Gasteiger partial charge >= 0.3 is 6.18 Å². The Morgan fingerprint density at radius 2 is 1.91 bits per heavy atom. The van der Waals surface area contributed by atoms with E-state index in [-0.39, 0.29) is 11.7 Å². The number of benzene rings is 1. The number of anilines is 1. The summed E-state index contributed by atoms with van der Waals surface area (Å²) in [5.41, 5.74) is -0.986. The van der Waals surface area contributed by atoms with Crippen molar-refractivity contribution in [2.24, 2.45) is 11.1 Å². The van der Waals surface area contributed by atoms with Crippen LogP contribution in [-0.4, -0.2) is 27.3 Å². The van der Waals surface area contributed by atoms with Crippen molar-refractivity contribution in [1.82, 2.24) is 0 Å². The van der Waals surface area contributed by atoms with Crippen LogP contribution in [0.5, 0.6) is 0 Å². The third kappa shape index (κ3) is 4.59. The Morgan fingerprint density at radius 1 is 1.30 bits per heavy atom. The van der Waals surface area contributed by atoms with Crippen LogP contribution in [0, 0.1) is 17.2 Å². The molecule has 0 saturated carbocycles. The minimum atomic E-state index is -4.59. The average Bonchev–Trinajstić information content (AvgIpc) is 2.45. The summed E-state index contributed by atoms with van der Waals surface area (Å²) in [5, 5.41) is 13.8. The maximum Gasteiger partial charge on any atom is 0.417 e. The molecule has 0 aliphatic carbocycles. The fourth-order valence-corrected chi connectivity index (χ4v) is 3.74.